The van der Waals surface area contributed by atoms with E-state index in [0.717, 1.165) is 5.56 Å². The Morgan fingerprint density at radius 3 is 2.71 bits per heavy atom. The smallest absolute Gasteiger partial charge is 0.246 e. The maximum atomic E-state index is 11.6. The molecule has 88 valence electrons. The number of benzene rings is 1. The molecule has 0 aliphatic rings. The Hall–Kier alpha value is -2.28. The van der Waals surface area contributed by atoms with Crippen LogP contribution in [0.2, 0.25) is 0 Å². The highest BCUT2D eigenvalue weighted by Gasteiger charge is 2.04. The van der Waals surface area contributed by atoms with Crippen LogP contribution in [-0.4, -0.2) is 31.2 Å². The van der Waals surface area contributed by atoms with Gasteiger partial charge in [0.2, 0.25) is 5.91 Å². The van der Waals surface area contributed by atoms with E-state index in [1.165, 1.54) is 11.0 Å². The molecule has 1 aromatic heterocycles. The molecule has 0 spiro atoms. The third kappa shape index (κ3) is 3.08. The molecule has 0 aliphatic heterocycles. The summed E-state index contributed by atoms with van der Waals surface area (Å²) in [5.41, 5.74) is 1.46. The molecule has 0 saturated carbocycles. The summed E-state index contributed by atoms with van der Waals surface area (Å²) in [5.74, 6) is -0.214. The minimum absolute atomic E-state index is 0.0150. The van der Waals surface area contributed by atoms with Gasteiger partial charge in [-0.3, -0.25) is 4.79 Å². The number of aromatic nitrogens is 4. The normalized spacial score (nSPS) is 10.2. The van der Waals surface area contributed by atoms with Gasteiger partial charge >= 0.3 is 0 Å². The second kappa shape index (κ2) is 5.17. The van der Waals surface area contributed by atoms with Crippen LogP contribution in [0.3, 0.4) is 0 Å². The zero-order chi connectivity index (χ0) is 12.1. The number of hydrogen-bond donors (Lipinski definition) is 2. The Kier molecular flexibility index (Phi) is 3.41. The second-order valence-electron chi connectivity index (χ2n) is 3.41. The predicted octanol–water partition coefficient (Wildman–Crippen LogP) is -0.196. The Morgan fingerprint density at radius 1 is 1.35 bits per heavy atom. The third-order valence-electron chi connectivity index (χ3n) is 2.12. The molecule has 0 fully saturated rings. The number of aliphatic hydroxyl groups excluding tert-OH is 1. The Labute approximate surface area is 97.1 Å². The molecule has 0 radical (unpaired) electrons. The van der Waals surface area contributed by atoms with Crippen LogP contribution in [0.15, 0.2) is 30.6 Å². The molecule has 17 heavy (non-hydrogen) atoms. The van der Waals surface area contributed by atoms with E-state index in [0.29, 0.717) is 5.69 Å². The summed E-state index contributed by atoms with van der Waals surface area (Å²) in [7, 11) is 0. The first kappa shape index (κ1) is 11.2. The lowest BCUT2D eigenvalue weighted by Gasteiger charge is -2.05. The molecule has 0 bridgehead atoms. The monoisotopic (exact) mass is 233 g/mol. The first-order chi connectivity index (χ1) is 8.28. The van der Waals surface area contributed by atoms with Crippen LogP contribution in [0.5, 0.6) is 0 Å². The van der Waals surface area contributed by atoms with Gasteiger partial charge in [0.15, 0.2) is 0 Å². The van der Waals surface area contributed by atoms with Gasteiger partial charge in [-0.1, -0.05) is 12.1 Å². The minimum Gasteiger partial charge on any atom is -0.392 e. The number of carbonyl (C=O) groups excluding carboxylic acids is 1. The fourth-order valence-electron chi connectivity index (χ4n) is 1.29. The van der Waals surface area contributed by atoms with E-state index in [9.17, 15) is 4.79 Å². The number of amides is 1. The molecule has 7 nitrogen and oxygen atoms in total. The quantitative estimate of drug-likeness (QED) is 0.763. The summed E-state index contributed by atoms with van der Waals surface area (Å²) in [6.07, 6.45) is 1.37. The van der Waals surface area contributed by atoms with E-state index in [2.05, 4.69) is 20.8 Å². The molecule has 1 heterocycles. The zero-order valence-electron chi connectivity index (χ0n) is 8.95. The van der Waals surface area contributed by atoms with Crippen molar-refractivity contribution in [2.75, 3.05) is 5.32 Å². The van der Waals surface area contributed by atoms with Crippen LogP contribution >= 0.6 is 0 Å². The molecule has 7 heteroatoms. The molecule has 2 aromatic rings. The number of nitrogens with one attached hydrogen (secondary N) is 1. The summed E-state index contributed by atoms with van der Waals surface area (Å²) in [4.78, 5) is 11.6. The molecule has 2 rings (SSSR count). The SMILES string of the molecule is O=C(Cn1cnnn1)Nc1ccc(CO)cc1. The highest BCUT2D eigenvalue weighted by atomic mass is 16.3. The topological polar surface area (TPSA) is 92.9 Å². The first-order valence-electron chi connectivity index (χ1n) is 4.98. The third-order valence-corrected chi connectivity index (χ3v) is 2.12. The van der Waals surface area contributed by atoms with E-state index in [1.54, 1.807) is 24.3 Å². The number of hydrogen-bond acceptors (Lipinski definition) is 5. The van der Waals surface area contributed by atoms with E-state index >= 15 is 0 Å². The van der Waals surface area contributed by atoms with Crippen LogP contribution in [0.4, 0.5) is 5.69 Å². The fourth-order valence-corrected chi connectivity index (χ4v) is 1.29. The second-order valence-corrected chi connectivity index (χ2v) is 3.41. The molecule has 2 N–H and O–H groups in total. The number of nitrogens with zero attached hydrogens (tertiary/aromatic N) is 4. The molecule has 0 aliphatic carbocycles. The lowest BCUT2D eigenvalue weighted by Crippen LogP contribution is -2.19. The van der Waals surface area contributed by atoms with Gasteiger partial charge < -0.3 is 10.4 Å². The van der Waals surface area contributed by atoms with Crippen molar-refractivity contribution in [1.29, 1.82) is 0 Å². The lowest BCUT2D eigenvalue weighted by molar-refractivity contribution is -0.116. The van der Waals surface area contributed by atoms with Gasteiger partial charge in [0.25, 0.3) is 0 Å². The fraction of sp³-hybridized carbons (Fsp3) is 0.200. The van der Waals surface area contributed by atoms with Crippen molar-refractivity contribution in [1.82, 2.24) is 20.2 Å². The Morgan fingerprint density at radius 2 is 2.12 bits per heavy atom. The lowest BCUT2D eigenvalue weighted by atomic mass is 10.2. The van der Waals surface area contributed by atoms with Gasteiger partial charge in [-0.25, -0.2) is 4.68 Å². The molecule has 1 amide bonds. The molecule has 1 aromatic carbocycles. The Bertz CT molecular complexity index is 480. The Balaban J connectivity index is 1.93. The van der Waals surface area contributed by atoms with Gasteiger partial charge in [0.1, 0.15) is 12.9 Å². The number of carbonyl (C=O) groups is 1. The standard InChI is InChI=1S/C10H11N5O2/c16-6-8-1-3-9(4-2-8)12-10(17)5-15-7-11-13-14-15/h1-4,7,16H,5-6H2,(H,12,17). The van der Waals surface area contributed by atoms with Gasteiger partial charge in [0.05, 0.1) is 6.61 Å². The number of tetrazole rings is 1. The van der Waals surface area contributed by atoms with Gasteiger partial charge in [-0.05, 0) is 28.1 Å². The summed E-state index contributed by atoms with van der Waals surface area (Å²) in [6, 6.07) is 6.94. The molecule has 0 atom stereocenters. The van der Waals surface area contributed by atoms with Crippen LogP contribution in [0, 0.1) is 0 Å². The van der Waals surface area contributed by atoms with E-state index in [1.807, 2.05) is 0 Å². The van der Waals surface area contributed by atoms with Crippen molar-refractivity contribution in [3.05, 3.63) is 36.2 Å². The summed E-state index contributed by atoms with van der Waals surface area (Å²) >= 11 is 0. The van der Waals surface area contributed by atoms with Crippen molar-refractivity contribution in [3.63, 3.8) is 0 Å². The van der Waals surface area contributed by atoms with Crippen LogP contribution in [-0.2, 0) is 17.9 Å². The van der Waals surface area contributed by atoms with Crippen LogP contribution < -0.4 is 5.32 Å². The largest absolute Gasteiger partial charge is 0.392 e. The van der Waals surface area contributed by atoms with E-state index in [-0.39, 0.29) is 19.1 Å². The van der Waals surface area contributed by atoms with E-state index < -0.39 is 0 Å². The molecular weight excluding hydrogens is 222 g/mol. The van der Waals surface area contributed by atoms with Crippen molar-refractivity contribution in [2.24, 2.45) is 0 Å². The predicted molar refractivity (Wildman–Crippen MR) is 58.8 cm³/mol. The summed E-state index contributed by atoms with van der Waals surface area (Å²) in [5, 5.41) is 22.0. The minimum atomic E-state index is -0.214. The zero-order valence-corrected chi connectivity index (χ0v) is 8.95. The number of aliphatic hydroxyl groups is 1. The highest BCUT2D eigenvalue weighted by molar-refractivity contribution is 5.90. The summed E-state index contributed by atoms with van der Waals surface area (Å²) < 4.78 is 1.33. The van der Waals surface area contributed by atoms with Gasteiger partial charge in [-0.15, -0.1) is 5.10 Å². The van der Waals surface area contributed by atoms with Gasteiger partial charge in [-0.2, -0.15) is 0 Å². The maximum absolute atomic E-state index is 11.6. The average Bonchev–Trinajstić information content (AvgIpc) is 2.82. The molecule has 0 saturated heterocycles. The van der Waals surface area contributed by atoms with Crippen molar-refractivity contribution in [3.8, 4) is 0 Å². The average molecular weight is 233 g/mol. The molecular formula is C10H11N5O2. The van der Waals surface area contributed by atoms with Crippen LogP contribution in [0.1, 0.15) is 5.56 Å². The maximum Gasteiger partial charge on any atom is 0.246 e. The summed E-state index contributed by atoms with van der Waals surface area (Å²) in [6.45, 7) is 0.0492. The molecule has 0 unspecified atom stereocenters. The van der Waals surface area contributed by atoms with Crippen molar-refractivity contribution < 1.29 is 9.90 Å². The highest BCUT2D eigenvalue weighted by Crippen LogP contribution is 2.09. The van der Waals surface area contributed by atoms with E-state index in [4.69, 9.17) is 5.11 Å². The van der Waals surface area contributed by atoms with Crippen molar-refractivity contribution >= 4 is 11.6 Å². The van der Waals surface area contributed by atoms with Crippen molar-refractivity contribution in [2.45, 2.75) is 13.2 Å². The number of rotatable bonds is 4. The van der Waals surface area contributed by atoms with Gasteiger partial charge in [0, 0.05) is 5.69 Å². The van der Waals surface area contributed by atoms with Crippen LogP contribution in [0.25, 0.3) is 0 Å². The first-order valence-corrected chi connectivity index (χ1v) is 4.98. The number of anilines is 1.